The normalized spacial score (nSPS) is 23.9. The highest BCUT2D eigenvalue weighted by molar-refractivity contribution is 5.43. The molecule has 0 saturated carbocycles. The lowest BCUT2D eigenvalue weighted by Crippen LogP contribution is -2.19. The topological polar surface area (TPSA) is 44.5 Å². The fraction of sp³-hybridized carbons (Fsp3) is 0.647. The van der Waals surface area contributed by atoms with Crippen molar-refractivity contribution in [1.82, 2.24) is 0 Å². The Morgan fingerprint density at radius 3 is 2.45 bits per heavy atom. The van der Waals surface area contributed by atoms with Crippen molar-refractivity contribution in [2.75, 3.05) is 6.61 Å². The predicted molar refractivity (Wildman–Crippen MR) is 82.3 cm³/mol. The molecule has 3 nitrogen and oxygen atoms in total. The zero-order chi connectivity index (χ0) is 14.7. The molecule has 0 radical (unpaired) electrons. The highest BCUT2D eigenvalue weighted by Crippen LogP contribution is 2.27. The van der Waals surface area contributed by atoms with Gasteiger partial charge in [-0.2, -0.15) is 0 Å². The van der Waals surface area contributed by atoms with Crippen LogP contribution >= 0.6 is 0 Å². The Morgan fingerprint density at radius 2 is 1.95 bits per heavy atom. The van der Waals surface area contributed by atoms with Crippen LogP contribution in [0.25, 0.3) is 0 Å². The SMILES string of the molecule is Cc1cc(CC(C)N)cc(C)c1OCC1CCC(C)O1. The lowest BCUT2D eigenvalue weighted by molar-refractivity contribution is 0.0262. The van der Waals surface area contributed by atoms with Gasteiger partial charge in [0.25, 0.3) is 0 Å². The molecule has 1 aliphatic rings. The smallest absolute Gasteiger partial charge is 0.125 e. The third-order valence-electron chi connectivity index (χ3n) is 3.81. The predicted octanol–water partition coefficient (Wildman–Crippen LogP) is 3.14. The van der Waals surface area contributed by atoms with Crippen molar-refractivity contribution in [1.29, 1.82) is 0 Å². The molecule has 0 bridgehead atoms. The van der Waals surface area contributed by atoms with Crippen molar-refractivity contribution >= 4 is 0 Å². The summed E-state index contributed by atoms with van der Waals surface area (Å²) < 4.78 is 11.8. The average molecular weight is 277 g/mol. The third-order valence-corrected chi connectivity index (χ3v) is 3.81. The van der Waals surface area contributed by atoms with Crippen molar-refractivity contribution in [2.45, 2.75) is 65.2 Å². The first-order valence-corrected chi connectivity index (χ1v) is 7.59. The van der Waals surface area contributed by atoms with Crippen molar-refractivity contribution in [3.8, 4) is 5.75 Å². The molecule has 1 aromatic rings. The Balaban J connectivity index is 2.00. The van der Waals surface area contributed by atoms with E-state index in [4.69, 9.17) is 15.2 Å². The Morgan fingerprint density at radius 1 is 1.30 bits per heavy atom. The van der Waals surface area contributed by atoms with Crippen molar-refractivity contribution in [2.24, 2.45) is 5.73 Å². The average Bonchev–Trinajstić information content (AvgIpc) is 2.73. The van der Waals surface area contributed by atoms with Crippen molar-refractivity contribution in [3.63, 3.8) is 0 Å². The maximum Gasteiger partial charge on any atom is 0.125 e. The number of rotatable bonds is 5. The number of hydrogen-bond acceptors (Lipinski definition) is 3. The fourth-order valence-corrected chi connectivity index (χ4v) is 2.94. The summed E-state index contributed by atoms with van der Waals surface area (Å²) in [6.45, 7) is 9.02. The highest BCUT2D eigenvalue weighted by Gasteiger charge is 2.22. The summed E-state index contributed by atoms with van der Waals surface area (Å²) in [6.07, 6.45) is 3.76. The summed E-state index contributed by atoms with van der Waals surface area (Å²) in [5.41, 5.74) is 9.53. The van der Waals surface area contributed by atoms with E-state index >= 15 is 0 Å². The van der Waals surface area contributed by atoms with Crippen LogP contribution in [0.15, 0.2) is 12.1 Å². The molecule has 2 rings (SSSR count). The van der Waals surface area contributed by atoms with Gasteiger partial charge in [-0.25, -0.2) is 0 Å². The number of hydrogen-bond donors (Lipinski definition) is 1. The minimum absolute atomic E-state index is 0.189. The summed E-state index contributed by atoms with van der Waals surface area (Å²) in [4.78, 5) is 0. The molecule has 1 aliphatic heterocycles. The second-order valence-corrected chi connectivity index (χ2v) is 6.20. The van der Waals surface area contributed by atoms with Gasteiger partial charge in [0.2, 0.25) is 0 Å². The molecule has 1 aromatic carbocycles. The van der Waals surface area contributed by atoms with Gasteiger partial charge in [-0.1, -0.05) is 12.1 Å². The molecule has 3 heteroatoms. The van der Waals surface area contributed by atoms with Crippen LogP contribution in [0.4, 0.5) is 0 Å². The molecule has 3 atom stereocenters. The summed E-state index contributed by atoms with van der Waals surface area (Å²) in [6, 6.07) is 4.56. The van der Waals surface area contributed by atoms with E-state index in [0.29, 0.717) is 12.7 Å². The van der Waals surface area contributed by atoms with Crippen LogP contribution in [0.5, 0.6) is 5.75 Å². The molecule has 2 N–H and O–H groups in total. The quantitative estimate of drug-likeness (QED) is 0.899. The third kappa shape index (κ3) is 3.97. The summed E-state index contributed by atoms with van der Waals surface area (Å²) in [7, 11) is 0. The molecule has 0 aromatic heterocycles. The van der Waals surface area contributed by atoms with E-state index < -0.39 is 0 Å². The van der Waals surface area contributed by atoms with Crippen LogP contribution in [0.1, 0.15) is 43.4 Å². The van der Waals surface area contributed by atoms with E-state index in [1.807, 2.05) is 6.92 Å². The van der Waals surface area contributed by atoms with Crippen LogP contribution in [0, 0.1) is 13.8 Å². The monoisotopic (exact) mass is 277 g/mol. The zero-order valence-corrected chi connectivity index (χ0v) is 13.1. The van der Waals surface area contributed by atoms with Gasteiger partial charge >= 0.3 is 0 Å². The van der Waals surface area contributed by atoms with E-state index in [2.05, 4.69) is 32.9 Å². The number of aryl methyl sites for hydroxylation is 2. The molecule has 112 valence electrons. The van der Waals surface area contributed by atoms with Gasteiger partial charge in [0, 0.05) is 6.04 Å². The first-order valence-electron chi connectivity index (χ1n) is 7.59. The second-order valence-electron chi connectivity index (χ2n) is 6.20. The van der Waals surface area contributed by atoms with Gasteiger partial charge in [0.05, 0.1) is 12.2 Å². The number of benzene rings is 1. The summed E-state index contributed by atoms with van der Waals surface area (Å²) >= 11 is 0. The molecule has 20 heavy (non-hydrogen) atoms. The maximum atomic E-state index is 6.00. The van der Waals surface area contributed by atoms with Gasteiger partial charge < -0.3 is 15.2 Å². The minimum atomic E-state index is 0.189. The van der Waals surface area contributed by atoms with Crippen LogP contribution in [-0.4, -0.2) is 24.9 Å². The van der Waals surface area contributed by atoms with Gasteiger partial charge in [-0.05, 0) is 63.6 Å². The van der Waals surface area contributed by atoms with Gasteiger partial charge in [0.15, 0.2) is 0 Å². The Labute approximate surface area is 122 Å². The Kier molecular flexibility index (Phi) is 5.06. The van der Waals surface area contributed by atoms with Gasteiger partial charge in [0.1, 0.15) is 12.4 Å². The number of ether oxygens (including phenoxy) is 2. The first kappa shape index (κ1) is 15.3. The fourth-order valence-electron chi connectivity index (χ4n) is 2.94. The van der Waals surface area contributed by atoms with Crippen LogP contribution in [-0.2, 0) is 11.2 Å². The van der Waals surface area contributed by atoms with E-state index in [-0.39, 0.29) is 12.1 Å². The summed E-state index contributed by atoms with van der Waals surface area (Å²) in [5.74, 6) is 1.00. The van der Waals surface area contributed by atoms with Crippen LogP contribution < -0.4 is 10.5 Å². The molecular weight excluding hydrogens is 250 g/mol. The standard InChI is InChI=1S/C17H27NO2/c1-11-7-15(9-13(3)18)8-12(2)17(11)19-10-16-6-5-14(4)20-16/h7-8,13-14,16H,5-6,9-10,18H2,1-4H3. The van der Waals surface area contributed by atoms with Crippen LogP contribution in [0.3, 0.4) is 0 Å². The molecule has 1 heterocycles. The van der Waals surface area contributed by atoms with E-state index in [1.54, 1.807) is 0 Å². The molecule has 0 spiro atoms. The lowest BCUT2D eigenvalue weighted by atomic mass is 10.0. The molecule has 0 aliphatic carbocycles. The molecular formula is C17H27NO2. The summed E-state index contributed by atoms with van der Waals surface area (Å²) in [5, 5.41) is 0. The molecule has 1 fully saturated rings. The van der Waals surface area contributed by atoms with Crippen molar-refractivity contribution in [3.05, 3.63) is 28.8 Å². The maximum absolute atomic E-state index is 6.00. The largest absolute Gasteiger partial charge is 0.490 e. The molecule has 0 amide bonds. The zero-order valence-electron chi connectivity index (χ0n) is 13.1. The highest BCUT2D eigenvalue weighted by atomic mass is 16.5. The van der Waals surface area contributed by atoms with E-state index in [1.165, 1.54) is 16.7 Å². The van der Waals surface area contributed by atoms with E-state index in [0.717, 1.165) is 25.0 Å². The lowest BCUT2D eigenvalue weighted by Gasteiger charge is -2.17. The molecule has 1 saturated heterocycles. The first-order chi connectivity index (χ1) is 9.45. The minimum Gasteiger partial charge on any atom is -0.490 e. The van der Waals surface area contributed by atoms with Gasteiger partial charge in [-0.15, -0.1) is 0 Å². The Bertz CT molecular complexity index is 433. The van der Waals surface area contributed by atoms with E-state index in [9.17, 15) is 0 Å². The second kappa shape index (κ2) is 6.59. The van der Waals surface area contributed by atoms with Crippen molar-refractivity contribution < 1.29 is 9.47 Å². The Hall–Kier alpha value is -1.06. The van der Waals surface area contributed by atoms with Gasteiger partial charge in [-0.3, -0.25) is 0 Å². The van der Waals surface area contributed by atoms with Crippen LogP contribution in [0.2, 0.25) is 0 Å². The molecule has 3 unspecified atom stereocenters. The number of nitrogens with two attached hydrogens (primary N) is 1.